The Balaban J connectivity index is 1.37. The van der Waals surface area contributed by atoms with E-state index in [1.54, 1.807) is 38.1 Å². The summed E-state index contributed by atoms with van der Waals surface area (Å²) in [7, 11) is 0. The van der Waals surface area contributed by atoms with Crippen LogP contribution < -0.4 is 14.8 Å². The number of hydrogen-bond acceptors (Lipinski definition) is 5. The Morgan fingerprint density at radius 3 is 2.16 bits per heavy atom. The van der Waals surface area contributed by atoms with Crippen molar-refractivity contribution in [3.05, 3.63) is 58.7 Å². The van der Waals surface area contributed by atoms with Crippen molar-refractivity contribution in [2.75, 3.05) is 19.8 Å². The van der Waals surface area contributed by atoms with E-state index in [-0.39, 0.29) is 36.4 Å². The molecule has 2 aromatic rings. The molecule has 0 bridgehead atoms. The van der Waals surface area contributed by atoms with E-state index < -0.39 is 47.6 Å². The first-order valence-electron chi connectivity index (χ1n) is 14.6. The van der Waals surface area contributed by atoms with Gasteiger partial charge in [0.25, 0.3) is 11.5 Å². The summed E-state index contributed by atoms with van der Waals surface area (Å²) in [5.41, 5.74) is -5.93. The fourth-order valence-electron chi connectivity index (χ4n) is 5.58. The predicted octanol–water partition coefficient (Wildman–Crippen LogP) is 7.29. The predicted molar refractivity (Wildman–Crippen MR) is 148 cm³/mol. The molecule has 7 nitrogen and oxygen atoms in total. The van der Waals surface area contributed by atoms with Gasteiger partial charge in [-0.15, -0.1) is 0 Å². The van der Waals surface area contributed by atoms with E-state index >= 15 is 0 Å². The number of ether oxygens (including phenoxy) is 3. The highest BCUT2D eigenvalue weighted by Gasteiger charge is 2.75. The number of amides is 3. The monoisotopic (exact) mass is 630 g/mol. The first-order chi connectivity index (χ1) is 20.7. The quantitative estimate of drug-likeness (QED) is 0.143. The maximum atomic E-state index is 13.8. The van der Waals surface area contributed by atoms with Crippen molar-refractivity contribution in [3.8, 4) is 11.5 Å². The lowest BCUT2D eigenvalue weighted by atomic mass is 9.87. The van der Waals surface area contributed by atoms with Crippen molar-refractivity contribution in [2.24, 2.45) is 0 Å². The number of imide groups is 1. The highest BCUT2D eigenvalue weighted by atomic mass is 19.4. The second-order valence-corrected chi connectivity index (χ2v) is 11.1. The van der Waals surface area contributed by atoms with E-state index in [0.29, 0.717) is 37.2 Å². The standard InChI is InChI=1S/C31H36F6N2O5/c1-4-6-17-42-21-12-10-20(11-13-21)28(3)26(40)39(27(41)38-28)16-7-8-18-43-25-15-14-24-23(22(25)9-5-2)19-44-29(24,30(32,33)34)31(35,36)37/h10-15H,4-9,16-19H2,1-3H3,(H,38,41). The number of alkyl halides is 6. The van der Waals surface area contributed by atoms with Crippen LogP contribution in [0.4, 0.5) is 31.1 Å². The van der Waals surface area contributed by atoms with Crippen LogP contribution >= 0.6 is 0 Å². The molecule has 0 radical (unpaired) electrons. The lowest BCUT2D eigenvalue weighted by molar-refractivity contribution is -0.385. The highest BCUT2D eigenvalue weighted by molar-refractivity contribution is 6.07. The number of fused-ring (bicyclic) bond motifs is 1. The molecule has 1 atom stereocenters. The van der Waals surface area contributed by atoms with Crippen molar-refractivity contribution in [3.63, 3.8) is 0 Å². The molecule has 0 spiro atoms. The summed E-state index contributed by atoms with van der Waals surface area (Å²) in [5, 5.41) is 2.75. The van der Waals surface area contributed by atoms with Crippen molar-refractivity contribution >= 4 is 11.9 Å². The van der Waals surface area contributed by atoms with Gasteiger partial charge < -0.3 is 19.5 Å². The van der Waals surface area contributed by atoms with Crippen LogP contribution in [0.3, 0.4) is 0 Å². The van der Waals surface area contributed by atoms with Gasteiger partial charge in [0.15, 0.2) is 0 Å². The summed E-state index contributed by atoms with van der Waals surface area (Å²) < 4.78 is 98.5. The largest absolute Gasteiger partial charge is 0.494 e. The highest BCUT2D eigenvalue weighted by Crippen LogP contribution is 2.58. The number of hydrogen-bond donors (Lipinski definition) is 1. The molecule has 13 heteroatoms. The topological polar surface area (TPSA) is 77.1 Å². The Bertz CT molecular complexity index is 1330. The van der Waals surface area contributed by atoms with Gasteiger partial charge in [-0.25, -0.2) is 4.79 Å². The lowest BCUT2D eigenvalue weighted by Crippen LogP contribution is -2.53. The third kappa shape index (κ3) is 6.07. The van der Waals surface area contributed by atoms with Crippen LogP contribution in [-0.4, -0.2) is 48.9 Å². The molecular formula is C31H36F6N2O5. The zero-order valence-electron chi connectivity index (χ0n) is 24.8. The molecule has 1 saturated heterocycles. The first-order valence-corrected chi connectivity index (χ1v) is 14.6. The summed E-state index contributed by atoms with van der Waals surface area (Å²) in [5.74, 6) is 0.432. The van der Waals surface area contributed by atoms with Crippen LogP contribution in [0.2, 0.25) is 0 Å². The van der Waals surface area contributed by atoms with Gasteiger partial charge >= 0.3 is 18.4 Å². The first kappa shape index (κ1) is 33.4. The molecule has 2 aromatic carbocycles. The molecular weight excluding hydrogens is 594 g/mol. The van der Waals surface area contributed by atoms with Crippen LogP contribution in [-0.2, 0) is 33.7 Å². The molecule has 0 aliphatic carbocycles. The number of unbranched alkanes of at least 4 members (excludes halogenated alkanes) is 2. The SMILES string of the molecule is CCCCOc1ccc(C2(C)NC(=O)N(CCCCOc3ccc4c(c3CCC)COC4(C(F)(F)F)C(F)(F)F)C2=O)cc1. The summed E-state index contributed by atoms with van der Waals surface area (Å²) in [6.07, 6.45) is -8.11. The minimum Gasteiger partial charge on any atom is -0.494 e. The normalized spacial score (nSPS) is 19.7. The van der Waals surface area contributed by atoms with Gasteiger partial charge in [0.1, 0.15) is 17.0 Å². The smallest absolute Gasteiger partial charge is 0.430 e. The van der Waals surface area contributed by atoms with Crippen LogP contribution in [0.5, 0.6) is 11.5 Å². The van der Waals surface area contributed by atoms with E-state index in [0.717, 1.165) is 29.9 Å². The number of halogens is 6. The van der Waals surface area contributed by atoms with Gasteiger partial charge in [-0.05, 0) is 61.9 Å². The fourth-order valence-corrected chi connectivity index (χ4v) is 5.58. The number of nitrogens with one attached hydrogen (secondary N) is 1. The number of benzene rings is 2. The van der Waals surface area contributed by atoms with Crippen LogP contribution in [0, 0.1) is 0 Å². The molecule has 242 valence electrons. The van der Waals surface area contributed by atoms with Gasteiger partial charge in [-0.2, -0.15) is 26.3 Å². The van der Waals surface area contributed by atoms with E-state index in [1.165, 1.54) is 0 Å². The molecule has 1 fully saturated rings. The van der Waals surface area contributed by atoms with Crippen LogP contribution in [0.25, 0.3) is 0 Å². The van der Waals surface area contributed by atoms with E-state index in [4.69, 9.17) is 9.47 Å². The Hall–Kier alpha value is -3.48. The maximum Gasteiger partial charge on any atom is 0.430 e. The van der Waals surface area contributed by atoms with Crippen molar-refractivity contribution in [1.82, 2.24) is 10.2 Å². The molecule has 2 aliphatic rings. The van der Waals surface area contributed by atoms with Gasteiger partial charge in [-0.1, -0.05) is 44.9 Å². The summed E-state index contributed by atoms with van der Waals surface area (Å²) in [6.45, 7) is 5.34. The molecule has 2 aliphatic heterocycles. The average Bonchev–Trinajstić information content (AvgIpc) is 3.47. The zero-order valence-corrected chi connectivity index (χ0v) is 24.8. The molecule has 1 unspecified atom stereocenters. The maximum absolute atomic E-state index is 13.8. The molecule has 0 aromatic heterocycles. The summed E-state index contributed by atoms with van der Waals surface area (Å²) >= 11 is 0. The van der Waals surface area contributed by atoms with Gasteiger partial charge in [0.2, 0.25) is 0 Å². The zero-order chi connectivity index (χ0) is 32.3. The molecule has 2 heterocycles. The number of carbonyl (C=O) groups excluding carboxylic acids is 2. The third-order valence-corrected chi connectivity index (χ3v) is 8.01. The second kappa shape index (κ2) is 12.9. The van der Waals surface area contributed by atoms with Gasteiger partial charge in [0, 0.05) is 17.7 Å². The number of nitrogens with zero attached hydrogens (tertiary/aromatic N) is 1. The number of carbonyl (C=O) groups is 2. The third-order valence-electron chi connectivity index (χ3n) is 8.01. The van der Waals surface area contributed by atoms with E-state index in [2.05, 4.69) is 17.0 Å². The second-order valence-electron chi connectivity index (χ2n) is 11.1. The minimum absolute atomic E-state index is 0.0699. The summed E-state index contributed by atoms with van der Waals surface area (Å²) in [4.78, 5) is 27.1. The minimum atomic E-state index is -5.70. The van der Waals surface area contributed by atoms with E-state index in [1.807, 2.05) is 0 Å². The molecule has 3 amide bonds. The van der Waals surface area contributed by atoms with Crippen LogP contribution in [0.15, 0.2) is 36.4 Å². The Morgan fingerprint density at radius 1 is 0.886 bits per heavy atom. The van der Waals surface area contributed by atoms with Gasteiger partial charge in [-0.3, -0.25) is 9.69 Å². The number of urea groups is 1. The number of rotatable bonds is 13. The molecule has 1 N–H and O–H groups in total. The summed E-state index contributed by atoms with van der Waals surface area (Å²) in [6, 6.07) is 8.33. The lowest BCUT2D eigenvalue weighted by Gasteiger charge is -2.33. The van der Waals surface area contributed by atoms with Crippen LogP contribution in [0.1, 0.15) is 75.1 Å². The molecule has 44 heavy (non-hydrogen) atoms. The van der Waals surface area contributed by atoms with Gasteiger partial charge in [0.05, 0.1) is 19.8 Å². The Labute approximate surface area is 251 Å². The fraction of sp³-hybridized carbons (Fsp3) is 0.548. The van der Waals surface area contributed by atoms with Crippen molar-refractivity contribution in [1.29, 1.82) is 0 Å². The Kier molecular flexibility index (Phi) is 9.77. The average molecular weight is 631 g/mol. The Morgan fingerprint density at radius 2 is 1.55 bits per heavy atom. The molecule has 0 saturated carbocycles. The molecule has 4 rings (SSSR count). The van der Waals surface area contributed by atoms with Crippen molar-refractivity contribution in [2.45, 2.75) is 89.4 Å². The van der Waals surface area contributed by atoms with Crippen molar-refractivity contribution < 1.29 is 50.1 Å². The van der Waals surface area contributed by atoms with E-state index in [9.17, 15) is 35.9 Å².